The molecule has 0 aromatic heterocycles. The van der Waals surface area contributed by atoms with Crippen molar-refractivity contribution in [3.8, 4) is 6.07 Å². The summed E-state index contributed by atoms with van der Waals surface area (Å²) in [6.07, 6.45) is 0. The van der Waals surface area contributed by atoms with Crippen molar-refractivity contribution in [2.75, 3.05) is 5.32 Å². The monoisotopic (exact) mass is 329 g/mol. The second-order valence-electron chi connectivity index (χ2n) is 5.33. The van der Waals surface area contributed by atoms with Crippen LogP contribution in [0.25, 0.3) is 0 Å². The summed E-state index contributed by atoms with van der Waals surface area (Å²) in [5.41, 5.74) is 5.12. The second-order valence-corrected chi connectivity index (χ2v) is 5.77. The zero-order chi connectivity index (χ0) is 16.9. The Morgan fingerprint density at radius 1 is 1.48 bits per heavy atom. The molecule has 2 heterocycles. The van der Waals surface area contributed by atoms with E-state index in [-0.39, 0.29) is 28.6 Å². The van der Waals surface area contributed by atoms with E-state index in [4.69, 9.17) is 22.1 Å². The summed E-state index contributed by atoms with van der Waals surface area (Å²) >= 11 is 5.97. The average Bonchev–Trinajstić information content (AvgIpc) is 2.71. The number of carbonyl (C=O) groups is 2. The van der Waals surface area contributed by atoms with Crippen LogP contribution in [-0.4, -0.2) is 11.7 Å². The number of carbonyl (C=O) groups excluding carboxylic acids is 2. The highest BCUT2D eigenvalue weighted by Gasteiger charge is 2.58. The lowest BCUT2D eigenvalue weighted by Crippen LogP contribution is -2.44. The van der Waals surface area contributed by atoms with Crippen LogP contribution in [0.1, 0.15) is 19.4 Å². The van der Waals surface area contributed by atoms with Gasteiger partial charge in [0.05, 0.1) is 5.57 Å². The molecule has 1 spiro atoms. The Labute approximate surface area is 137 Å². The molecule has 3 rings (SSSR count). The van der Waals surface area contributed by atoms with Crippen LogP contribution in [0, 0.1) is 11.3 Å². The van der Waals surface area contributed by atoms with Gasteiger partial charge in [-0.1, -0.05) is 17.7 Å². The summed E-state index contributed by atoms with van der Waals surface area (Å²) < 4.78 is 5.33. The molecular formula is C16H12ClN3O3. The van der Waals surface area contributed by atoms with Crippen LogP contribution in [0.5, 0.6) is 0 Å². The van der Waals surface area contributed by atoms with Crippen molar-refractivity contribution < 1.29 is 14.3 Å². The fraction of sp³-hybridized carbons (Fsp3) is 0.188. The number of ketones is 1. The van der Waals surface area contributed by atoms with Gasteiger partial charge in [0.25, 0.3) is 0 Å². The van der Waals surface area contributed by atoms with Crippen molar-refractivity contribution in [2.24, 2.45) is 5.73 Å². The lowest BCUT2D eigenvalue weighted by Gasteiger charge is -2.34. The van der Waals surface area contributed by atoms with E-state index in [1.54, 1.807) is 25.1 Å². The highest BCUT2D eigenvalue weighted by atomic mass is 35.5. The van der Waals surface area contributed by atoms with Crippen LogP contribution < -0.4 is 11.1 Å². The summed E-state index contributed by atoms with van der Waals surface area (Å²) in [4.78, 5) is 25.1. The first-order valence-corrected chi connectivity index (χ1v) is 7.13. The molecule has 1 aromatic rings. The Morgan fingerprint density at radius 2 is 2.17 bits per heavy atom. The van der Waals surface area contributed by atoms with Crippen LogP contribution in [0.3, 0.4) is 0 Å². The maximum atomic E-state index is 12.9. The van der Waals surface area contributed by atoms with Crippen LogP contribution in [-0.2, 0) is 19.7 Å². The van der Waals surface area contributed by atoms with Gasteiger partial charge in [0, 0.05) is 16.3 Å². The third-order valence-electron chi connectivity index (χ3n) is 4.05. The molecule has 1 unspecified atom stereocenters. The van der Waals surface area contributed by atoms with E-state index in [9.17, 15) is 14.9 Å². The highest BCUT2D eigenvalue weighted by molar-refractivity contribution is 6.31. The van der Waals surface area contributed by atoms with Gasteiger partial charge in [-0.15, -0.1) is 0 Å². The third kappa shape index (κ3) is 1.80. The number of benzene rings is 1. The van der Waals surface area contributed by atoms with Gasteiger partial charge in [0.15, 0.2) is 5.78 Å². The van der Waals surface area contributed by atoms with Gasteiger partial charge in [-0.25, -0.2) is 0 Å². The van der Waals surface area contributed by atoms with E-state index in [0.717, 1.165) is 0 Å². The van der Waals surface area contributed by atoms with E-state index >= 15 is 0 Å². The number of nitrogens with zero attached hydrogens (tertiary/aromatic N) is 1. The molecule has 23 heavy (non-hydrogen) atoms. The van der Waals surface area contributed by atoms with E-state index in [1.165, 1.54) is 6.92 Å². The molecule has 116 valence electrons. The number of rotatable bonds is 1. The number of nitriles is 1. The normalized spacial score (nSPS) is 22.6. The molecule has 0 aliphatic carbocycles. The van der Waals surface area contributed by atoms with Gasteiger partial charge in [-0.05, 0) is 26.0 Å². The number of ether oxygens (including phenoxy) is 1. The summed E-state index contributed by atoms with van der Waals surface area (Å²) in [7, 11) is 0. The third-order valence-corrected chi connectivity index (χ3v) is 4.28. The number of hydrogen-bond donors (Lipinski definition) is 2. The smallest absolute Gasteiger partial charge is 0.245 e. The highest BCUT2D eigenvalue weighted by Crippen LogP contribution is 2.52. The Hall–Kier alpha value is -2.78. The Bertz CT molecular complexity index is 879. The molecule has 0 saturated carbocycles. The quantitative estimate of drug-likeness (QED) is 0.821. The minimum Gasteiger partial charge on any atom is -0.445 e. The number of halogens is 1. The summed E-state index contributed by atoms with van der Waals surface area (Å²) in [5.74, 6) is -0.886. The lowest BCUT2D eigenvalue weighted by molar-refractivity contribution is -0.122. The number of nitrogens with one attached hydrogen (secondary N) is 1. The minimum atomic E-state index is -1.60. The number of allylic oxidation sites excluding steroid dienone is 1. The molecular weight excluding hydrogens is 318 g/mol. The van der Waals surface area contributed by atoms with E-state index < -0.39 is 11.3 Å². The largest absolute Gasteiger partial charge is 0.445 e. The molecule has 1 aromatic carbocycles. The summed E-state index contributed by atoms with van der Waals surface area (Å²) in [6.45, 7) is 2.86. The molecule has 1 amide bonds. The fourth-order valence-electron chi connectivity index (χ4n) is 3.27. The van der Waals surface area contributed by atoms with Crippen LogP contribution >= 0.6 is 11.6 Å². The molecule has 3 N–H and O–H groups in total. The molecule has 0 saturated heterocycles. The van der Waals surface area contributed by atoms with Gasteiger partial charge in [0.1, 0.15) is 22.8 Å². The lowest BCUT2D eigenvalue weighted by atomic mass is 9.67. The second kappa shape index (κ2) is 4.86. The Kier molecular flexibility index (Phi) is 3.20. The van der Waals surface area contributed by atoms with E-state index in [0.29, 0.717) is 16.3 Å². The summed E-state index contributed by atoms with van der Waals surface area (Å²) in [5, 5.41) is 12.7. The van der Waals surface area contributed by atoms with Crippen molar-refractivity contribution >= 4 is 29.0 Å². The molecule has 0 fully saturated rings. The zero-order valence-corrected chi connectivity index (χ0v) is 13.1. The van der Waals surface area contributed by atoms with Gasteiger partial charge >= 0.3 is 0 Å². The number of amides is 1. The minimum absolute atomic E-state index is 0.0989. The zero-order valence-electron chi connectivity index (χ0n) is 12.4. The Morgan fingerprint density at radius 3 is 2.78 bits per heavy atom. The SMILES string of the molecule is CC(=O)C1=C(C)OC(N)=C(C#N)C12C(=O)Nc1cc(Cl)ccc12. The molecule has 0 bridgehead atoms. The molecule has 7 heteroatoms. The topological polar surface area (TPSA) is 105 Å². The van der Waals surface area contributed by atoms with Crippen LogP contribution in [0.15, 0.2) is 41.0 Å². The van der Waals surface area contributed by atoms with Crippen molar-refractivity contribution in [1.29, 1.82) is 5.26 Å². The predicted molar refractivity (Wildman–Crippen MR) is 83.1 cm³/mol. The van der Waals surface area contributed by atoms with Crippen molar-refractivity contribution in [2.45, 2.75) is 19.3 Å². The van der Waals surface area contributed by atoms with Crippen molar-refractivity contribution in [1.82, 2.24) is 0 Å². The molecule has 6 nitrogen and oxygen atoms in total. The first kappa shape index (κ1) is 15.1. The van der Waals surface area contributed by atoms with Crippen molar-refractivity contribution in [3.63, 3.8) is 0 Å². The number of hydrogen-bond acceptors (Lipinski definition) is 5. The summed E-state index contributed by atoms with van der Waals surface area (Å²) in [6, 6.07) is 6.70. The van der Waals surface area contributed by atoms with E-state index in [2.05, 4.69) is 5.32 Å². The number of Topliss-reactive ketones (excluding diaryl/α,β-unsaturated/α-hetero) is 1. The molecule has 1 atom stereocenters. The van der Waals surface area contributed by atoms with Gasteiger partial charge in [-0.3, -0.25) is 9.59 Å². The number of nitrogens with two attached hydrogens (primary N) is 1. The standard InChI is InChI=1S/C16H12ClN3O3/c1-7(21)13-8(2)23-14(19)11(6-18)16(13)10-4-3-9(17)5-12(10)20-15(16)22/h3-5H,19H2,1-2H3,(H,20,22). The van der Waals surface area contributed by atoms with Gasteiger partial charge < -0.3 is 15.8 Å². The Balaban J connectivity index is 2.46. The fourth-order valence-corrected chi connectivity index (χ4v) is 3.45. The van der Waals surface area contributed by atoms with E-state index in [1.807, 2.05) is 6.07 Å². The molecule has 2 aliphatic heterocycles. The van der Waals surface area contributed by atoms with Gasteiger partial charge in [-0.2, -0.15) is 5.26 Å². The molecule has 0 radical (unpaired) electrons. The first-order chi connectivity index (χ1) is 10.8. The average molecular weight is 330 g/mol. The van der Waals surface area contributed by atoms with Crippen LogP contribution in [0.2, 0.25) is 5.02 Å². The number of fused-ring (bicyclic) bond motifs is 2. The first-order valence-electron chi connectivity index (χ1n) is 6.76. The van der Waals surface area contributed by atoms with Crippen molar-refractivity contribution in [3.05, 3.63) is 51.6 Å². The maximum Gasteiger partial charge on any atom is 0.245 e. The number of anilines is 1. The van der Waals surface area contributed by atoms with Crippen LogP contribution in [0.4, 0.5) is 5.69 Å². The van der Waals surface area contributed by atoms with Gasteiger partial charge in [0.2, 0.25) is 11.8 Å². The molecule has 2 aliphatic rings. The maximum absolute atomic E-state index is 12.9. The predicted octanol–water partition coefficient (Wildman–Crippen LogP) is 2.12.